The lowest BCUT2D eigenvalue weighted by atomic mass is 9.96. The second kappa shape index (κ2) is 12.5. The zero-order valence-electron chi connectivity index (χ0n) is 22.1. The van der Waals surface area contributed by atoms with Crippen LogP contribution in [0, 0.1) is 5.92 Å². The van der Waals surface area contributed by atoms with Crippen LogP contribution in [0.1, 0.15) is 95.6 Å². The molecule has 3 rings (SSSR count). The Morgan fingerprint density at radius 1 is 1.03 bits per heavy atom. The summed E-state index contributed by atoms with van der Waals surface area (Å²) in [5, 5.41) is 3.07. The zero-order chi connectivity index (χ0) is 25.4. The maximum absolute atomic E-state index is 13.4. The lowest BCUT2D eigenvalue weighted by Crippen LogP contribution is -2.46. The third kappa shape index (κ3) is 7.74. The highest BCUT2D eigenvalue weighted by molar-refractivity contribution is 5.93. The Bertz CT molecular complexity index is 852. The molecule has 3 heterocycles. The number of piperidine rings is 2. The maximum Gasteiger partial charge on any atom is 0.410 e. The number of hydrogen-bond acceptors (Lipinski definition) is 4. The molecule has 0 aliphatic carbocycles. The monoisotopic (exact) mass is 488 g/mol. The zero-order valence-corrected chi connectivity index (χ0v) is 22.1. The van der Waals surface area contributed by atoms with Crippen LogP contribution < -0.4 is 5.32 Å². The molecule has 1 atom stereocenters. The molecule has 0 radical (unpaired) electrons. The SMILES string of the molecule is CCCCCCNC(=O)C1CCCN(C(=O)c2cccn2C2CCN(C(=O)OC(C)(C)C)CC2)C1. The van der Waals surface area contributed by atoms with E-state index >= 15 is 0 Å². The molecule has 2 fully saturated rings. The molecule has 2 aliphatic rings. The molecule has 8 heteroatoms. The molecule has 196 valence electrons. The fraction of sp³-hybridized carbons (Fsp3) is 0.741. The van der Waals surface area contributed by atoms with Crippen molar-refractivity contribution in [2.24, 2.45) is 5.92 Å². The summed E-state index contributed by atoms with van der Waals surface area (Å²) in [6, 6.07) is 3.95. The molecule has 8 nitrogen and oxygen atoms in total. The smallest absolute Gasteiger partial charge is 0.410 e. The molecule has 1 aromatic rings. The minimum atomic E-state index is -0.508. The first-order valence-corrected chi connectivity index (χ1v) is 13.4. The Morgan fingerprint density at radius 2 is 1.77 bits per heavy atom. The summed E-state index contributed by atoms with van der Waals surface area (Å²) in [5.74, 6) is -0.0757. The third-order valence-corrected chi connectivity index (χ3v) is 6.92. The van der Waals surface area contributed by atoms with Gasteiger partial charge in [-0.15, -0.1) is 0 Å². The van der Waals surface area contributed by atoms with Gasteiger partial charge in [-0.05, 0) is 65.0 Å². The van der Waals surface area contributed by atoms with Gasteiger partial charge in [-0.3, -0.25) is 9.59 Å². The van der Waals surface area contributed by atoms with Gasteiger partial charge in [0.2, 0.25) is 5.91 Å². The van der Waals surface area contributed by atoms with Gasteiger partial charge in [0.15, 0.2) is 0 Å². The number of ether oxygens (including phenoxy) is 1. The summed E-state index contributed by atoms with van der Waals surface area (Å²) >= 11 is 0. The Kier molecular flexibility index (Phi) is 9.63. The van der Waals surface area contributed by atoms with Gasteiger partial charge in [-0.1, -0.05) is 26.2 Å². The van der Waals surface area contributed by atoms with Crippen molar-refractivity contribution in [1.82, 2.24) is 19.7 Å². The van der Waals surface area contributed by atoms with Crippen LogP contribution >= 0.6 is 0 Å². The highest BCUT2D eigenvalue weighted by Gasteiger charge is 2.32. The van der Waals surface area contributed by atoms with Crippen molar-refractivity contribution >= 4 is 17.9 Å². The molecule has 3 amide bonds. The number of likely N-dealkylation sites (tertiary alicyclic amines) is 2. The van der Waals surface area contributed by atoms with Gasteiger partial charge in [0, 0.05) is 45.0 Å². The minimum Gasteiger partial charge on any atom is -0.444 e. The summed E-state index contributed by atoms with van der Waals surface area (Å²) in [4.78, 5) is 42.1. The van der Waals surface area contributed by atoms with E-state index in [2.05, 4.69) is 16.8 Å². The molecular formula is C27H44N4O4. The van der Waals surface area contributed by atoms with Crippen molar-refractivity contribution in [3.63, 3.8) is 0 Å². The topological polar surface area (TPSA) is 83.9 Å². The van der Waals surface area contributed by atoms with Crippen molar-refractivity contribution in [2.45, 2.75) is 90.7 Å². The van der Waals surface area contributed by atoms with Crippen molar-refractivity contribution in [3.05, 3.63) is 24.0 Å². The fourth-order valence-corrected chi connectivity index (χ4v) is 4.99. The van der Waals surface area contributed by atoms with Gasteiger partial charge in [0.1, 0.15) is 11.3 Å². The van der Waals surface area contributed by atoms with E-state index in [4.69, 9.17) is 4.74 Å². The second-order valence-electron chi connectivity index (χ2n) is 10.9. The molecule has 0 bridgehead atoms. The number of nitrogens with zero attached hydrogens (tertiary/aromatic N) is 3. The van der Waals surface area contributed by atoms with E-state index < -0.39 is 5.60 Å². The second-order valence-corrected chi connectivity index (χ2v) is 10.9. The number of rotatable bonds is 8. The molecule has 1 N–H and O–H groups in total. The number of carbonyl (C=O) groups is 3. The average molecular weight is 489 g/mol. The van der Waals surface area contributed by atoms with Crippen molar-refractivity contribution in [2.75, 3.05) is 32.7 Å². The Balaban J connectivity index is 1.54. The molecule has 35 heavy (non-hydrogen) atoms. The number of nitrogens with one attached hydrogen (secondary N) is 1. The molecule has 0 aromatic carbocycles. The normalized spacial score (nSPS) is 19.5. The summed E-state index contributed by atoms with van der Waals surface area (Å²) < 4.78 is 7.56. The van der Waals surface area contributed by atoms with Crippen molar-refractivity contribution < 1.29 is 19.1 Å². The lowest BCUT2D eigenvalue weighted by Gasteiger charge is -2.35. The van der Waals surface area contributed by atoms with Crippen LogP contribution in [0.2, 0.25) is 0 Å². The Morgan fingerprint density at radius 3 is 2.46 bits per heavy atom. The highest BCUT2D eigenvalue weighted by atomic mass is 16.6. The Labute approximate surface area is 210 Å². The quantitative estimate of drug-likeness (QED) is 0.542. The van der Waals surface area contributed by atoms with E-state index in [9.17, 15) is 14.4 Å². The van der Waals surface area contributed by atoms with Crippen LogP contribution in [0.4, 0.5) is 4.79 Å². The van der Waals surface area contributed by atoms with E-state index in [-0.39, 0.29) is 29.9 Å². The first-order valence-electron chi connectivity index (χ1n) is 13.4. The molecule has 1 aromatic heterocycles. The first kappa shape index (κ1) is 27.1. The predicted molar refractivity (Wildman–Crippen MR) is 136 cm³/mol. The third-order valence-electron chi connectivity index (χ3n) is 6.92. The van der Waals surface area contributed by atoms with Gasteiger partial charge in [0.25, 0.3) is 5.91 Å². The van der Waals surface area contributed by atoms with Crippen LogP contribution in [-0.2, 0) is 9.53 Å². The summed E-state index contributed by atoms with van der Waals surface area (Å²) in [6.45, 7) is 10.9. The minimum absolute atomic E-state index is 0.00924. The number of amides is 3. The Hall–Kier alpha value is -2.51. The summed E-state index contributed by atoms with van der Waals surface area (Å²) in [5.41, 5.74) is 0.160. The number of aromatic nitrogens is 1. The average Bonchev–Trinajstić information content (AvgIpc) is 3.32. The van der Waals surface area contributed by atoms with Crippen LogP contribution in [0.15, 0.2) is 18.3 Å². The molecule has 2 saturated heterocycles. The maximum atomic E-state index is 13.4. The summed E-state index contributed by atoms with van der Waals surface area (Å²) in [6.07, 6.45) is 9.43. The predicted octanol–water partition coefficient (Wildman–Crippen LogP) is 4.61. The van der Waals surface area contributed by atoms with Gasteiger partial charge in [-0.25, -0.2) is 4.79 Å². The number of carbonyl (C=O) groups excluding carboxylic acids is 3. The molecule has 2 aliphatic heterocycles. The van der Waals surface area contributed by atoms with E-state index in [1.54, 1.807) is 4.90 Å². The first-order chi connectivity index (χ1) is 16.7. The fourth-order valence-electron chi connectivity index (χ4n) is 4.99. The largest absolute Gasteiger partial charge is 0.444 e. The lowest BCUT2D eigenvalue weighted by molar-refractivity contribution is -0.126. The van der Waals surface area contributed by atoms with Gasteiger partial charge in [0.05, 0.1) is 5.92 Å². The van der Waals surface area contributed by atoms with Crippen molar-refractivity contribution in [3.8, 4) is 0 Å². The van der Waals surface area contributed by atoms with E-state index in [1.165, 1.54) is 12.8 Å². The van der Waals surface area contributed by atoms with Crippen LogP contribution in [-0.4, -0.2) is 70.6 Å². The standard InChI is InChI=1S/C27H44N4O4/c1-5-6-7-8-15-28-24(32)21-11-9-16-30(20-21)25(33)23-12-10-17-31(23)22-13-18-29(19-14-22)26(34)35-27(2,3)4/h10,12,17,21-22H,5-9,11,13-16,18-20H2,1-4H3,(H,28,32). The van der Waals surface area contributed by atoms with E-state index in [0.29, 0.717) is 38.4 Å². The van der Waals surface area contributed by atoms with E-state index in [0.717, 1.165) is 38.5 Å². The molecule has 0 spiro atoms. The van der Waals surface area contributed by atoms with Crippen molar-refractivity contribution in [1.29, 1.82) is 0 Å². The van der Waals surface area contributed by atoms with Gasteiger partial charge >= 0.3 is 6.09 Å². The molecule has 1 unspecified atom stereocenters. The molecule has 0 saturated carbocycles. The number of unbranched alkanes of at least 4 members (excludes halogenated alkanes) is 3. The van der Waals surface area contributed by atoms with Crippen LogP contribution in [0.3, 0.4) is 0 Å². The van der Waals surface area contributed by atoms with E-state index in [1.807, 2.05) is 44.0 Å². The van der Waals surface area contributed by atoms with Gasteiger partial charge < -0.3 is 24.4 Å². The summed E-state index contributed by atoms with van der Waals surface area (Å²) in [7, 11) is 0. The molecular weight excluding hydrogens is 444 g/mol. The van der Waals surface area contributed by atoms with Crippen LogP contribution in [0.5, 0.6) is 0 Å². The van der Waals surface area contributed by atoms with Gasteiger partial charge in [-0.2, -0.15) is 0 Å². The van der Waals surface area contributed by atoms with Crippen LogP contribution in [0.25, 0.3) is 0 Å². The highest BCUT2D eigenvalue weighted by Crippen LogP contribution is 2.27. The number of hydrogen-bond donors (Lipinski definition) is 1.